The zero-order valence-corrected chi connectivity index (χ0v) is 13.8. The van der Waals surface area contributed by atoms with E-state index < -0.39 is 5.60 Å². The molecule has 1 unspecified atom stereocenters. The molecule has 1 N–H and O–H groups in total. The second-order valence-electron chi connectivity index (χ2n) is 6.75. The molecule has 118 valence electrons. The Morgan fingerprint density at radius 3 is 2.62 bits per heavy atom. The molecule has 0 aliphatic rings. The number of hydrogen-bond acceptors (Lipinski definition) is 3. The number of nitrogens with zero attached hydrogens (tertiary/aromatic N) is 1. The minimum absolute atomic E-state index is 0.136. The summed E-state index contributed by atoms with van der Waals surface area (Å²) in [5.41, 5.74) is 0.777. The summed E-state index contributed by atoms with van der Waals surface area (Å²) >= 11 is 0. The number of carbonyl (C=O) groups excluding carboxylic acids is 1. The van der Waals surface area contributed by atoms with Crippen molar-refractivity contribution in [2.45, 2.75) is 65.5 Å². The Kier molecular flexibility index (Phi) is 6.66. The van der Waals surface area contributed by atoms with Crippen LogP contribution in [0.3, 0.4) is 0 Å². The number of aromatic nitrogens is 1. The normalized spacial score (nSPS) is 13.0. The molecule has 0 aliphatic heterocycles. The van der Waals surface area contributed by atoms with E-state index in [1.165, 1.54) is 5.56 Å². The molecule has 0 aliphatic carbocycles. The number of nitrogens with one attached hydrogen (secondary N) is 1. The molecule has 0 aromatic carbocycles. The molecule has 1 atom stereocenters. The lowest BCUT2D eigenvalue weighted by Gasteiger charge is -2.25. The molecule has 0 radical (unpaired) electrons. The summed E-state index contributed by atoms with van der Waals surface area (Å²) in [6.07, 6.45) is 6.28. The van der Waals surface area contributed by atoms with Crippen LogP contribution in [0, 0.1) is 5.92 Å². The quantitative estimate of drug-likeness (QED) is 0.863. The van der Waals surface area contributed by atoms with Crippen molar-refractivity contribution in [1.29, 1.82) is 0 Å². The maximum atomic E-state index is 11.9. The SMILES string of the molecule is CC(C)C(CCCc1cccnc1)NC(=O)OC(C)(C)C. The van der Waals surface area contributed by atoms with Crippen molar-refractivity contribution in [1.82, 2.24) is 10.3 Å². The number of amides is 1. The van der Waals surface area contributed by atoms with Gasteiger partial charge in [-0.2, -0.15) is 0 Å². The molecular weight excluding hydrogens is 264 g/mol. The highest BCUT2D eigenvalue weighted by atomic mass is 16.6. The maximum absolute atomic E-state index is 11.9. The zero-order chi connectivity index (χ0) is 15.9. The predicted molar refractivity (Wildman–Crippen MR) is 85.2 cm³/mol. The summed E-state index contributed by atoms with van der Waals surface area (Å²) in [6.45, 7) is 9.86. The first-order chi connectivity index (χ1) is 9.78. The van der Waals surface area contributed by atoms with Crippen LogP contribution in [-0.2, 0) is 11.2 Å². The fourth-order valence-corrected chi connectivity index (χ4v) is 2.10. The highest BCUT2D eigenvalue weighted by Crippen LogP contribution is 2.13. The van der Waals surface area contributed by atoms with E-state index in [2.05, 4.69) is 30.2 Å². The van der Waals surface area contributed by atoms with Gasteiger partial charge in [0.25, 0.3) is 0 Å². The molecule has 0 fully saturated rings. The van der Waals surface area contributed by atoms with Crippen LogP contribution < -0.4 is 5.32 Å². The lowest BCUT2D eigenvalue weighted by atomic mass is 9.97. The number of alkyl carbamates (subject to hydrolysis) is 1. The fourth-order valence-electron chi connectivity index (χ4n) is 2.10. The first-order valence-electron chi connectivity index (χ1n) is 7.66. The first kappa shape index (κ1) is 17.5. The van der Waals surface area contributed by atoms with Crippen molar-refractivity contribution in [2.75, 3.05) is 0 Å². The van der Waals surface area contributed by atoms with Gasteiger partial charge >= 0.3 is 6.09 Å². The van der Waals surface area contributed by atoms with Gasteiger partial charge in [0.1, 0.15) is 5.60 Å². The average Bonchev–Trinajstić information content (AvgIpc) is 2.36. The summed E-state index contributed by atoms with van der Waals surface area (Å²) < 4.78 is 5.32. The molecule has 1 aromatic rings. The average molecular weight is 292 g/mol. The molecule has 21 heavy (non-hydrogen) atoms. The number of pyridine rings is 1. The molecule has 1 heterocycles. The van der Waals surface area contributed by atoms with Gasteiger partial charge < -0.3 is 10.1 Å². The fraction of sp³-hybridized carbons (Fsp3) is 0.647. The summed E-state index contributed by atoms with van der Waals surface area (Å²) in [6, 6.07) is 4.17. The molecule has 1 rings (SSSR count). The largest absolute Gasteiger partial charge is 0.444 e. The second-order valence-corrected chi connectivity index (χ2v) is 6.75. The van der Waals surface area contributed by atoms with Gasteiger partial charge in [0.2, 0.25) is 0 Å². The van der Waals surface area contributed by atoms with Crippen molar-refractivity contribution in [3.05, 3.63) is 30.1 Å². The lowest BCUT2D eigenvalue weighted by molar-refractivity contribution is 0.0486. The van der Waals surface area contributed by atoms with Crippen LogP contribution in [0.5, 0.6) is 0 Å². The predicted octanol–water partition coefficient (Wildman–Crippen LogP) is 3.95. The highest BCUT2D eigenvalue weighted by Gasteiger charge is 2.21. The lowest BCUT2D eigenvalue weighted by Crippen LogP contribution is -2.41. The van der Waals surface area contributed by atoms with Crippen LogP contribution in [0.1, 0.15) is 53.0 Å². The highest BCUT2D eigenvalue weighted by molar-refractivity contribution is 5.68. The molecule has 4 heteroatoms. The number of carbonyl (C=O) groups is 1. The second kappa shape index (κ2) is 8.01. The Bertz CT molecular complexity index is 424. The molecule has 0 saturated heterocycles. The minimum Gasteiger partial charge on any atom is -0.444 e. The summed E-state index contributed by atoms with van der Waals surface area (Å²) in [5, 5.41) is 2.98. The van der Waals surface area contributed by atoms with Gasteiger partial charge in [-0.1, -0.05) is 19.9 Å². The van der Waals surface area contributed by atoms with Gasteiger partial charge in [0, 0.05) is 18.4 Å². The Balaban J connectivity index is 2.41. The number of rotatable bonds is 6. The number of aryl methyl sites for hydroxylation is 1. The van der Waals surface area contributed by atoms with Gasteiger partial charge in [-0.15, -0.1) is 0 Å². The van der Waals surface area contributed by atoms with Crippen LogP contribution in [0.25, 0.3) is 0 Å². The molecule has 4 nitrogen and oxygen atoms in total. The molecule has 1 aromatic heterocycles. The van der Waals surface area contributed by atoms with Gasteiger partial charge in [-0.3, -0.25) is 4.98 Å². The smallest absolute Gasteiger partial charge is 0.407 e. The third kappa shape index (κ3) is 7.69. The van der Waals surface area contributed by atoms with Crippen LogP contribution in [0.4, 0.5) is 4.79 Å². The molecule has 0 spiro atoms. The van der Waals surface area contributed by atoms with E-state index in [4.69, 9.17) is 4.74 Å². The Morgan fingerprint density at radius 1 is 1.38 bits per heavy atom. The minimum atomic E-state index is -0.457. The van der Waals surface area contributed by atoms with Gasteiger partial charge in [0.05, 0.1) is 0 Å². The van der Waals surface area contributed by atoms with E-state index in [0.29, 0.717) is 5.92 Å². The van der Waals surface area contributed by atoms with E-state index in [1.54, 1.807) is 6.20 Å². The molecule has 0 bridgehead atoms. The van der Waals surface area contributed by atoms with E-state index in [-0.39, 0.29) is 12.1 Å². The van der Waals surface area contributed by atoms with Crippen molar-refractivity contribution < 1.29 is 9.53 Å². The van der Waals surface area contributed by atoms with Gasteiger partial charge in [0.15, 0.2) is 0 Å². The summed E-state index contributed by atoms with van der Waals surface area (Å²) in [5.74, 6) is 0.381. The first-order valence-corrected chi connectivity index (χ1v) is 7.66. The summed E-state index contributed by atoms with van der Waals surface area (Å²) in [7, 11) is 0. The van der Waals surface area contributed by atoms with Crippen LogP contribution in [0.15, 0.2) is 24.5 Å². The van der Waals surface area contributed by atoms with E-state index in [0.717, 1.165) is 19.3 Å². The third-order valence-electron chi connectivity index (χ3n) is 3.21. The van der Waals surface area contributed by atoms with Crippen LogP contribution >= 0.6 is 0 Å². The Morgan fingerprint density at radius 2 is 2.10 bits per heavy atom. The van der Waals surface area contributed by atoms with E-state index in [9.17, 15) is 4.79 Å². The van der Waals surface area contributed by atoms with Crippen molar-refractivity contribution in [2.24, 2.45) is 5.92 Å². The van der Waals surface area contributed by atoms with E-state index in [1.807, 2.05) is 33.0 Å². The van der Waals surface area contributed by atoms with Crippen LogP contribution in [-0.4, -0.2) is 22.7 Å². The standard InChI is InChI=1S/C17H28N2O2/c1-13(2)15(19-16(20)21-17(3,4)5)10-6-8-14-9-7-11-18-12-14/h7,9,11-13,15H,6,8,10H2,1-5H3,(H,19,20). The molecule has 1 amide bonds. The molecule has 0 saturated carbocycles. The topological polar surface area (TPSA) is 51.2 Å². The van der Waals surface area contributed by atoms with Crippen LogP contribution in [0.2, 0.25) is 0 Å². The summed E-state index contributed by atoms with van der Waals surface area (Å²) in [4.78, 5) is 16.0. The Hall–Kier alpha value is -1.58. The Labute approximate surface area is 128 Å². The van der Waals surface area contributed by atoms with E-state index >= 15 is 0 Å². The zero-order valence-electron chi connectivity index (χ0n) is 13.8. The van der Waals surface area contributed by atoms with Crippen molar-refractivity contribution >= 4 is 6.09 Å². The monoisotopic (exact) mass is 292 g/mol. The third-order valence-corrected chi connectivity index (χ3v) is 3.21. The van der Waals surface area contributed by atoms with Crippen molar-refractivity contribution in [3.63, 3.8) is 0 Å². The maximum Gasteiger partial charge on any atom is 0.407 e. The van der Waals surface area contributed by atoms with Gasteiger partial charge in [-0.05, 0) is 57.6 Å². The number of ether oxygens (including phenoxy) is 1. The van der Waals surface area contributed by atoms with Gasteiger partial charge in [-0.25, -0.2) is 4.79 Å². The molecular formula is C17H28N2O2. The number of hydrogen-bond donors (Lipinski definition) is 1. The van der Waals surface area contributed by atoms with Crippen molar-refractivity contribution in [3.8, 4) is 0 Å².